The second-order valence-electron chi connectivity index (χ2n) is 4.33. The van der Waals surface area contributed by atoms with E-state index >= 15 is 0 Å². The van der Waals surface area contributed by atoms with Gasteiger partial charge >= 0.3 is 0 Å². The molecular formula is C16H13ClN2O2. The van der Waals surface area contributed by atoms with Crippen molar-refractivity contribution in [2.75, 3.05) is 11.9 Å². The summed E-state index contributed by atoms with van der Waals surface area (Å²) in [4.78, 5) is 16.2. The first kappa shape index (κ1) is 15.0. The molecule has 21 heavy (non-hydrogen) atoms. The lowest BCUT2D eigenvalue weighted by atomic mass is 10.1. The molecule has 0 saturated carbocycles. The van der Waals surface area contributed by atoms with Crippen LogP contribution in [0.3, 0.4) is 0 Å². The Morgan fingerprint density at radius 2 is 2.19 bits per heavy atom. The number of nitrogens with zero attached hydrogens (tertiary/aromatic N) is 1. The maximum absolute atomic E-state index is 12.1. The average Bonchev–Trinajstić information content (AvgIpc) is 2.48. The number of nitrogens with one attached hydrogen (secondary N) is 1. The highest BCUT2D eigenvalue weighted by Crippen LogP contribution is 2.18. The van der Waals surface area contributed by atoms with Crippen LogP contribution in [0.4, 0.5) is 5.82 Å². The monoisotopic (exact) mass is 300 g/mol. The van der Waals surface area contributed by atoms with Crippen molar-refractivity contribution in [3.63, 3.8) is 0 Å². The van der Waals surface area contributed by atoms with E-state index < -0.39 is 0 Å². The third kappa shape index (κ3) is 4.06. The van der Waals surface area contributed by atoms with Gasteiger partial charge in [-0.05, 0) is 36.8 Å². The SMILES string of the molecule is Cc1ccc(NC(=O)c2ccc(C#CCO)c(Cl)c2)nc1. The van der Waals surface area contributed by atoms with Crippen molar-refractivity contribution in [3.05, 3.63) is 58.2 Å². The predicted molar refractivity (Wildman–Crippen MR) is 82.3 cm³/mol. The molecule has 1 heterocycles. The highest BCUT2D eigenvalue weighted by molar-refractivity contribution is 6.32. The quantitative estimate of drug-likeness (QED) is 0.838. The summed E-state index contributed by atoms with van der Waals surface area (Å²) in [6.45, 7) is 1.68. The molecule has 2 rings (SSSR count). The van der Waals surface area contributed by atoms with Gasteiger partial charge in [0.25, 0.3) is 5.91 Å². The second kappa shape index (κ2) is 6.89. The van der Waals surface area contributed by atoms with Gasteiger partial charge in [0.05, 0.1) is 5.02 Å². The molecule has 0 fully saturated rings. The van der Waals surface area contributed by atoms with E-state index in [1.807, 2.05) is 13.0 Å². The Labute approximate surface area is 127 Å². The van der Waals surface area contributed by atoms with E-state index in [-0.39, 0.29) is 12.5 Å². The van der Waals surface area contributed by atoms with Crippen molar-refractivity contribution in [2.24, 2.45) is 0 Å². The first-order chi connectivity index (χ1) is 10.1. The van der Waals surface area contributed by atoms with Crippen molar-refractivity contribution in [3.8, 4) is 11.8 Å². The third-order valence-electron chi connectivity index (χ3n) is 2.69. The zero-order valence-electron chi connectivity index (χ0n) is 11.4. The second-order valence-corrected chi connectivity index (χ2v) is 4.74. The fourth-order valence-corrected chi connectivity index (χ4v) is 1.85. The van der Waals surface area contributed by atoms with Crippen LogP contribution in [-0.4, -0.2) is 22.6 Å². The zero-order chi connectivity index (χ0) is 15.2. The van der Waals surface area contributed by atoms with Crippen molar-refractivity contribution in [2.45, 2.75) is 6.92 Å². The van der Waals surface area contributed by atoms with E-state index in [0.717, 1.165) is 5.56 Å². The summed E-state index contributed by atoms with van der Waals surface area (Å²) in [5.74, 6) is 5.40. The largest absolute Gasteiger partial charge is 0.384 e. The minimum Gasteiger partial charge on any atom is -0.384 e. The molecule has 2 aromatic rings. The molecule has 0 spiro atoms. The Bertz CT molecular complexity index is 715. The summed E-state index contributed by atoms with van der Waals surface area (Å²) in [5.41, 5.74) is 2.00. The highest BCUT2D eigenvalue weighted by Gasteiger charge is 2.09. The van der Waals surface area contributed by atoms with E-state index in [9.17, 15) is 4.79 Å². The zero-order valence-corrected chi connectivity index (χ0v) is 12.1. The molecule has 0 bridgehead atoms. The van der Waals surface area contributed by atoms with E-state index in [1.54, 1.807) is 24.4 Å². The number of carbonyl (C=O) groups excluding carboxylic acids is 1. The van der Waals surface area contributed by atoms with Gasteiger partial charge in [-0.25, -0.2) is 4.98 Å². The molecule has 0 radical (unpaired) electrons. The smallest absolute Gasteiger partial charge is 0.256 e. The number of benzene rings is 1. The number of aryl methyl sites for hydroxylation is 1. The number of halogens is 1. The number of aromatic nitrogens is 1. The van der Waals surface area contributed by atoms with Gasteiger partial charge in [-0.1, -0.05) is 29.5 Å². The van der Waals surface area contributed by atoms with E-state index in [4.69, 9.17) is 16.7 Å². The summed E-state index contributed by atoms with van der Waals surface area (Å²) in [6, 6.07) is 8.39. The van der Waals surface area contributed by atoms with E-state index in [1.165, 1.54) is 6.07 Å². The number of aliphatic hydroxyl groups excluding tert-OH is 1. The van der Waals surface area contributed by atoms with Crippen LogP contribution < -0.4 is 5.32 Å². The van der Waals surface area contributed by atoms with E-state index in [2.05, 4.69) is 22.1 Å². The first-order valence-electron chi connectivity index (χ1n) is 6.23. The molecule has 1 aromatic heterocycles. The maximum Gasteiger partial charge on any atom is 0.256 e. The minimum atomic E-state index is -0.296. The molecule has 106 valence electrons. The van der Waals surface area contributed by atoms with Crippen LogP contribution in [0.5, 0.6) is 0 Å². The molecule has 2 N–H and O–H groups in total. The van der Waals surface area contributed by atoms with Crippen LogP contribution >= 0.6 is 11.6 Å². The van der Waals surface area contributed by atoms with Crippen molar-refractivity contribution < 1.29 is 9.90 Å². The van der Waals surface area contributed by atoms with Crippen LogP contribution in [0.15, 0.2) is 36.5 Å². The number of anilines is 1. The van der Waals surface area contributed by atoms with Gasteiger partial charge in [0.1, 0.15) is 12.4 Å². The lowest BCUT2D eigenvalue weighted by Gasteiger charge is -2.05. The van der Waals surface area contributed by atoms with Gasteiger partial charge < -0.3 is 10.4 Å². The molecule has 1 amide bonds. The van der Waals surface area contributed by atoms with Gasteiger partial charge in [-0.2, -0.15) is 0 Å². The van der Waals surface area contributed by atoms with Crippen LogP contribution in [0.1, 0.15) is 21.5 Å². The standard InChI is InChI=1S/C16H13ClN2O2/c1-11-4-7-15(18-10-11)19-16(21)13-6-5-12(3-2-8-20)14(17)9-13/h4-7,9-10,20H,8H2,1H3,(H,18,19,21). The topological polar surface area (TPSA) is 62.2 Å². The maximum atomic E-state index is 12.1. The molecule has 4 nitrogen and oxygen atoms in total. The number of hydrogen-bond acceptors (Lipinski definition) is 3. The lowest BCUT2D eigenvalue weighted by Crippen LogP contribution is -2.13. The summed E-state index contributed by atoms with van der Waals surface area (Å²) < 4.78 is 0. The summed E-state index contributed by atoms with van der Waals surface area (Å²) in [6.07, 6.45) is 1.68. The third-order valence-corrected chi connectivity index (χ3v) is 3.00. The Morgan fingerprint density at radius 1 is 1.38 bits per heavy atom. The molecule has 1 aromatic carbocycles. The molecular weight excluding hydrogens is 288 g/mol. The molecule has 0 aliphatic rings. The molecule has 0 atom stereocenters. The Balaban J connectivity index is 2.16. The summed E-state index contributed by atoms with van der Waals surface area (Å²) in [7, 11) is 0. The Hall–Kier alpha value is -2.35. The molecule has 0 aliphatic carbocycles. The van der Waals surface area contributed by atoms with Crippen LogP contribution in [0.25, 0.3) is 0 Å². The van der Waals surface area contributed by atoms with Crippen molar-refractivity contribution in [1.29, 1.82) is 0 Å². The summed E-state index contributed by atoms with van der Waals surface area (Å²) in [5, 5.41) is 11.7. The van der Waals surface area contributed by atoms with Gasteiger partial charge in [0.15, 0.2) is 0 Å². The average molecular weight is 301 g/mol. The molecule has 5 heteroatoms. The Kier molecular flexibility index (Phi) is 4.94. The van der Waals surface area contributed by atoms with Crippen LogP contribution in [-0.2, 0) is 0 Å². The first-order valence-corrected chi connectivity index (χ1v) is 6.61. The highest BCUT2D eigenvalue weighted by atomic mass is 35.5. The predicted octanol–water partition coefficient (Wildman–Crippen LogP) is 2.64. The fourth-order valence-electron chi connectivity index (χ4n) is 1.62. The number of amides is 1. The van der Waals surface area contributed by atoms with E-state index in [0.29, 0.717) is 22.0 Å². The normalized spacial score (nSPS) is 9.67. The van der Waals surface area contributed by atoms with Crippen LogP contribution in [0.2, 0.25) is 5.02 Å². The number of rotatable bonds is 2. The van der Waals surface area contributed by atoms with Gasteiger partial charge in [-0.3, -0.25) is 4.79 Å². The molecule has 0 unspecified atom stereocenters. The Morgan fingerprint density at radius 3 is 2.81 bits per heavy atom. The van der Waals surface area contributed by atoms with Gasteiger partial charge in [-0.15, -0.1) is 0 Å². The van der Waals surface area contributed by atoms with Gasteiger partial charge in [0, 0.05) is 17.3 Å². The number of carbonyl (C=O) groups is 1. The van der Waals surface area contributed by atoms with Crippen molar-refractivity contribution in [1.82, 2.24) is 4.98 Å². The van der Waals surface area contributed by atoms with Crippen LogP contribution in [0, 0.1) is 18.8 Å². The number of pyridine rings is 1. The molecule has 0 aliphatic heterocycles. The fraction of sp³-hybridized carbons (Fsp3) is 0.125. The summed E-state index contributed by atoms with van der Waals surface area (Å²) >= 11 is 6.05. The number of hydrogen-bond donors (Lipinski definition) is 2. The molecule has 0 saturated heterocycles. The van der Waals surface area contributed by atoms with Crippen molar-refractivity contribution >= 4 is 23.3 Å². The minimum absolute atomic E-state index is 0.238. The number of aliphatic hydroxyl groups is 1. The van der Waals surface area contributed by atoms with Gasteiger partial charge in [0.2, 0.25) is 0 Å². The lowest BCUT2D eigenvalue weighted by molar-refractivity contribution is 0.102.